The molecular weight excluding hydrogens is 385 g/mol. The summed E-state index contributed by atoms with van der Waals surface area (Å²) in [5, 5.41) is 5.05. The molecule has 2 aromatic rings. The van der Waals surface area contributed by atoms with Crippen LogP contribution >= 0.6 is 47.5 Å². The van der Waals surface area contributed by atoms with Crippen LogP contribution in [-0.2, 0) is 11.2 Å². The van der Waals surface area contributed by atoms with E-state index in [0.717, 1.165) is 36.6 Å². The van der Waals surface area contributed by atoms with Gasteiger partial charge in [0.15, 0.2) is 0 Å². The maximum absolute atomic E-state index is 12.5. The molecule has 0 aromatic carbocycles. The highest BCUT2D eigenvalue weighted by Gasteiger charge is 2.26. The van der Waals surface area contributed by atoms with Crippen LogP contribution in [0.25, 0.3) is 9.88 Å². The van der Waals surface area contributed by atoms with Crippen molar-refractivity contribution in [1.82, 2.24) is 9.88 Å². The number of amides is 1. The Morgan fingerprint density at radius 2 is 2.25 bits per heavy atom. The summed E-state index contributed by atoms with van der Waals surface area (Å²) in [6.07, 6.45) is 2.57. The summed E-state index contributed by atoms with van der Waals surface area (Å²) in [7, 11) is 0. The second-order valence-electron chi connectivity index (χ2n) is 5.90. The Balaban J connectivity index is 0.00000144. The number of rotatable bonds is 4. The number of halogens is 2. The van der Waals surface area contributed by atoms with Crippen molar-refractivity contribution in [2.24, 2.45) is 11.7 Å². The van der Waals surface area contributed by atoms with Crippen molar-refractivity contribution in [3.05, 3.63) is 28.6 Å². The number of piperidine rings is 1. The molecular formula is C16H23Cl2N3OS2. The number of likely N-dealkylation sites (tertiary alicyclic amines) is 1. The third kappa shape index (κ3) is 5.17. The first-order valence-corrected chi connectivity index (χ1v) is 9.41. The van der Waals surface area contributed by atoms with Gasteiger partial charge in [-0.15, -0.1) is 47.5 Å². The molecule has 3 rings (SSSR count). The van der Waals surface area contributed by atoms with Crippen LogP contribution in [0.3, 0.4) is 0 Å². The molecule has 1 aliphatic rings. The first kappa shape index (κ1) is 21.4. The van der Waals surface area contributed by atoms with Gasteiger partial charge in [-0.1, -0.05) is 6.07 Å². The Labute approximate surface area is 163 Å². The summed E-state index contributed by atoms with van der Waals surface area (Å²) >= 11 is 3.29. The average Bonchev–Trinajstić information content (AvgIpc) is 3.18. The van der Waals surface area contributed by atoms with Crippen LogP contribution in [-0.4, -0.2) is 34.9 Å². The molecule has 134 valence electrons. The van der Waals surface area contributed by atoms with Gasteiger partial charge in [-0.05, 0) is 37.1 Å². The van der Waals surface area contributed by atoms with Crippen molar-refractivity contribution in [1.29, 1.82) is 0 Å². The van der Waals surface area contributed by atoms with E-state index in [-0.39, 0.29) is 36.8 Å². The van der Waals surface area contributed by atoms with E-state index in [1.165, 1.54) is 4.88 Å². The SMILES string of the molecule is CC(N)C1CCCN(C(=O)Cc2csc(-c3cccs3)n2)C1.Cl.Cl. The van der Waals surface area contributed by atoms with Crippen molar-refractivity contribution in [3.8, 4) is 9.88 Å². The highest BCUT2D eigenvalue weighted by Crippen LogP contribution is 2.28. The van der Waals surface area contributed by atoms with Crippen LogP contribution in [0.4, 0.5) is 0 Å². The van der Waals surface area contributed by atoms with Crippen molar-refractivity contribution in [2.45, 2.75) is 32.2 Å². The van der Waals surface area contributed by atoms with Crippen molar-refractivity contribution in [3.63, 3.8) is 0 Å². The zero-order valence-electron chi connectivity index (χ0n) is 13.5. The molecule has 1 amide bonds. The van der Waals surface area contributed by atoms with Gasteiger partial charge in [-0.2, -0.15) is 0 Å². The largest absolute Gasteiger partial charge is 0.342 e. The lowest BCUT2D eigenvalue weighted by atomic mass is 9.92. The minimum Gasteiger partial charge on any atom is -0.342 e. The van der Waals surface area contributed by atoms with Gasteiger partial charge in [0.05, 0.1) is 17.0 Å². The molecule has 1 fully saturated rings. The van der Waals surface area contributed by atoms with Crippen LogP contribution in [0.15, 0.2) is 22.9 Å². The molecule has 24 heavy (non-hydrogen) atoms. The lowest BCUT2D eigenvalue weighted by Crippen LogP contribution is -2.45. The summed E-state index contributed by atoms with van der Waals surface area (Å²) in [6, 6.07) is 4.24. The minimum atomic E-state index is 0. The number of aromatic nitrogens is 1. The quantitative estimate of drug-likeness (QED) is 0.836. The number of nitrogens with two attached hydrogens (primary N) is 1. The normalized spacial score (nSPS) is 18.4. The Kier molecular flexibility index (Phi) is 8.67. The topological polar surface area (TPSA) is 59.2 Å². The van der Waals surface area contributed by atoms with Crippen molar-refractivity contribution >= 4 is 53.4 Å². The van der Waals surface area contributed by atoms with Gasteiger partial charge >= 0.3 is 0 Å². The van der Waals surface area contributed by atoms with E-state index < -0.39 is 0 Å². The van der Waals surface area contributed by atoms with E-state index in [0.29, 0.717) is 12.3 Å². The lowest BCUT2D eigenvalue weighted by Gasteiger charge is -2.34. The Bertz CT molecular complexity index is 631. The van der Waals surface area contributed by atoms with Crippen molar-refractivity contribution in [2.75, 3.05) is 13.1 Å². The van der Waals surface area contributed by atoms with Gasteiger partial charge in [0.2, 0.25) is 5.91 Å². The van der Waals surface area contributed by atoms with Gasteiger partial charge in [0.1, 0.15) is 5.01 Å². The van der Waals surface area contributed by atoms with E-state index in [1.807, 2.05) is 28.7 Å². The number of thiophene rings is 1. The predicted octanol–water partition coefficient (Wildman–Crippen LogP) is 3.84. The molecule has 2 N–H and O–H groups in total. The fourth-order valence-corrected chi connectivity index (χ4v) is 4.47. The fraction of sp³-hybridized carbons (Fsp3) is 0.500. The molecule has 8 heteroatoms. The van der Waals surface area contributed by atoms with Gasteiger partial charge in [0, 0.05) is 24.5 Å². The Morgan fingerprint density at radius 3 is 2.92 bits per heavy atom. The fourth-order valence-electron chi connectivity index (χ4n) is 2.83. The summed E-state index contributed by atoms with van der Waals surface area (Å²) in [4.78, 5) is 20.2. The number of nitrogens with zero attached hydrogens (tertiary/aromatic N) is 2. The average molecular weight is 408 g/mol. The molecule has 2 aromatic heterocycles. The van der Waals surface area contributed by atoms with Gasteiger partial charge < -0.3 is 10.6 Å². The zero-order valence-corrected chi connectivity index (χ0v) is 16.8. The first-order chi connectivity index (χ1) is 10.6. The summed E-state index contributed by atoms with van der Waals surface area (Å²) in [5.41, 5.74) is 6.87. The monoisotopic (exact) mass is 407 g/mol. The molecule has 0 radical (unpaired) electrons. The van der Waals surface area contributed by atoms with E-state index in [1.54, 1.807) is 22.7 Å². The summed E-state index contributed by atoms with van der Waals surface area (Å²) < 4.78 is 0. The van der Waals surface area contributed by atoms with E-state index >= 15 is 0 Å². The van der Waals surface area contributed by atoms with Gasteiger partial charge in [-0.3, -0.25) is 4.79 Å². The molecule has 4 nitrogen and oxygen atoms in total. The lowest BCUT2D eigenvalue weighted by molar-refractivity contribution is -0.132. The van der Waals surface area contributed by atoms with E-state index in [9.17, 15) is 4.79 Å². The molecule has 0 aliphatic carbocycles. The maximum atomic E-state index is 12.5. The third-order valence-electron chi connectivity index (χ3n) is 4.17. The number of carbonyl (C=O) groups is 1. The molecule has 3 heterocycles. The maximum Gasteiger partial charge on any atom is 0.228 e. The number of thiazole rings is 1. The summed E-state index contributed by atoms with van der Waals surface area (Å²) in [5.74, 6) is 0.600. The van der Waals surface area contributed by atoms with Crippen LogP contribution < -0.4 is 5.73 Å². The van der Waals surface area contributed by atoms with Crippen LogP contribution in [0.2, 0.25) is 0 Å². The van der Waals surface area contributed by atoms with Crippen LogP contribution in [0.1, 0.15) is 25.5 Å². The second kappa shape index (κ2) is 9.73. The molecule has 2 unspecified atom stereocenters. The molecule has 2 atom stereocenters. The Morgan fingerprint density at radius 1 is 1.46 bits per heavy atom. The minimum absolute atomic E-state index is 0. The number of carbonyl (C=O) groups excluding carboxylic acids is 1. The Hall–Kier alpha value is -0.660. The zero-order chi connectivity index (χ0) is 15.5. The highest BCUT2D eigenvalue weighted by atomic mass is 35.5. The van der Waals surface area contributed by atoms with Crippen LogP contribution in [0.5, 0.6) is 0 Å². The van der Waals surface area contributed by atoms with E-state index in [4.69, 9.17) is 5.73 Å². The van der Waals surface area contributed by atoms with Gasteiger partial charge in [0.25, 0.3) is 0 Å². The van der Waals surface area contributed by atoms with Gasteiger partial charge in [-0.25, -0.2) is 4.98 Å². The molecule has 0 spiro atoms. The third-order valence-corrected chi connectivity index (χ3v) is 6.10. The standard InChI is InChI=1S/C16H21N3OS2.2ClH/c1-11(17)12-4-2-6-19(9-12)15(20)8-13-10-22-16(18-13)14-5-3-7-21-14;;/h3,5,7,10-12H,2,4,6,8-9,17H2,1H3;2*1H. The predicted molar refractivity (Wildman–Crippen MR) is 107 cm³/mol. The van der Waals surface area contributed by atoms with E-state index in [2.05, 4.69) is 11.1 Å². The first-order valence-electron chi connectivity index (χ1n) is 7.65. The van der Waals surface area contributed by atoms with Crippen LogP contribution in [0, 0.1) is 5.92 Å². The molecule has 0 bridgehead atoms. The molecule has 1 saturated heterocycles. The number of hydrogen-bond donors (Lipinski definition) is 1. The highest BCUT2D eigenvalue weighted by molar-refractivity contribution is 7.20. The molecule has 0 saturated carbocycles. The van der Waals surface area contributed by atoms with Crippen molar-refractivity contribution < 1.29 is 4.79 Å². The summed E-state index contributed by atoms with van der Waals surface area (Å²) in [6.45, 7) is 3.68. The smallest absolute Gasteiger partial charge is 0.228 e. The second-order valence-corrected chi connectivity index (χ2v) is 7.71. The molecule has 1 aliphatic heterocycles. The number of hydrogen-bond acceptors (Lipinski definition) is 5.